The fourth-order valence-corrected chi connectivity index (χ4v) is 4.57. The van der Waals surface area contributed by atoms with Gasteiger partial charge in [-0.3, -0.25) is 4.57 Å². The van der Waals surface area contributed by atoms with Crippen LogP contribution in [0.25, 0.3) is 0 Å². The molecule has 35 heavy (non-hydrogen) atoms. The molecule has 0 bridgehead atoms. The molecule has 0 amide bonds. The third kappa shape index (κ3) is 5.45. The Balaban J connectivity index is 1.07. The van der Waals surface area contributed by atoms with Gasteiger partial charge in [-0.1, -0.05) is 11.6 Å². The van der Waals surface area contributed by atoms with Crippen LogP contribution in [0.2, 0.25) is 5.02 Å². The lowest BCUT2D eigenvalue weighted by atomic mass is 9.97. The van der Waals surface area contributed by atoms with Gasteiger partial charge in [0.2, 0.25) is 0 Å². The van der Waals surface area contributed by atoms with Gasteiger partial charge in [-0.05, 0) is 79.1 Å². The maximum absolute atomic E-state index is 10.9. The van der Waals surface area contributed by atoms with E-state index < -0.39 is 10.5 Å². The number of halogens is 1. The molecule has 3 heterocycles. The first-order valence-electron chi connectivity index (χ1n) is 11.6. The topological polar surface area (TPSA) is 91.9 Å². The summed E-state index contributed by atoms with van der Waals surface area (Å²) in [5.74, 6) is 1.93. The summed E-state index contributed by atoms with van der Waals surface area (Å²) in [5, 5.41) is 11.6. The van der Waals surface area contributed by atoms with Crippen molar-refractivity contribution in [2.24, 2.45) is 5.92 Å². The number of fused-ring (bicyclic) bond motifs is 1. The van der Waals surface area contributed by atoms with Crippen LogP contribution in [0.1, 0.15) is 19.8 Å². The smallest absolute Gasteiger partial charge is 0.415 e. The Morgan fingerprint density at radius 1 is 1.11 bits per heavy atom. The van der Waals surface area contributed by atoms with Crippen molar-refractivity contribution in [2.75, 3.05) is 31.2 Å². The Bertz CT molecular complexity index is 1150. The highest BCUT2D eigenvalue weighted by atomic mass is 35.5. The number of imidazole rings is 1. The molecule has 2 aromatic carbocycles. The fraction of sp³-hybridized carbons (Fsp3) is 0.400. The number of benzene rings is 2. The van der Waals surface area contributed by atoms with Crippen molar-refractivity contribution < 1.29 is 19.1 Å². The van der Waals surface area contributed by atoms with E-state index in [2.05, 4.69) is 22.0 Å². The second-order valence-corrected chi connectivity index (χ2v) is 9.73. The first-order valence-corrected chi connectivity index (χ1v) is 12.0. The molecule has 1 atom stereocenters. The summed E-state index contributed by atoms with van der Waals surface area (Å²) in [4.78, 5) is 16.6. The van der Waals surface area contributed by atoms with Crippen LogP contribution >= 0.6 is 11.6 Å². The second kappa shape index (κ2) is 9.65. The molecule has 0 spiro atoms. The van der Waals surface area contributed by atoms with E-state index in [4.69, 9.17) is 25.8 Å². The van der Waals surface area contributed by atoms with Crippen molar-refractivity contribution in [3.63, 3.8) is 0 Å². The van der Waals surface area contributed by atoms with Gasteiger partial charge in [-0.25, -0.2) is 0 Å². The minimum atomic E-state index is -0.633. The van der Waals surface area contributed by atoms with Crippen LogP contribution in [0, 0.1) is 16.0 Å². The van der Waals surface area contributed by atoms with E-state index in [1.54, 1.807) is 4.57 Å². The number of aromatic nitrogens is 2. The summed E-state index contributed by atoms with van der Waals surface area (Å²) >= 11 is 5.93. The van der Waals surface area contributed by atoms with E-state index >= 15 is 0 Å². The number of nitro groups is 1. The Morgan fingerprint density at radius 2 is 1.77 bits per heavy atom. The zero-order chi connectivity index (χ0) is 24.4. The summed E-state index contributed by atoms with van der Waals surface area (Å²) in [7, 11) is 0. The van der Waals surface area contributed by atoms with Crippen LogP contribution in [0.4, 0.5) is 11.5 Å². The molecule has 1 aromatic heterocycles. The molecule has 2 aliphatic heterocycles. The van der Waals surface area contributed by atoms with Crippen molar-refractivity contribution in [1.29, 1.82) is 0 Å². The van der Waals surface area contributed by atoms with Crippen LogP contribution in [0.15, 0.2) is 54.7 Å². The number of hydrogen-bond donors (Lipinski definition) is 0. The number of hydrogen-bond acceptors (Lipinski definition) is 7. The van der Waals surface area contributed by atoms with Gasteiger partial charge in [-0.2, -0.15) is 0 Å². The van der Waals surface area contributed by atoms with Gasteiger partial charge >= 0.3 is 11.8 Å². The minimum Gasteiger partial charge on any atom is -0.493 e. The minimum absolute atomic E-state index is 0.211. The predicted octanol–water partition coefficient (Wildman–Crippen LogP) is 4.97. The summed E-state index contributed by atoms with van der Waals surface area (Å²) in [6.07, 6.45) is 3.55. The predicted molar refractivity (Wildman–Crippen MR) is 132 cm³/mol. The average Bonchev–Trinajstić information content (AvgIpc) is 3.39. The number of rotatable bonds is 8. The highest BCUT2D eigenvalue weighted by Crippen LogP contribution is 2.32. The number of anilines is 1. The van der Waals surface area contributed by atoms with Crippen LogP contribution in [-0.4, -0.2) is 46.4 Å². The van der Waals surface area contributed by atoms with Crippen molar-refractivity contribution in [2.45, 2.75) is 31.9 Å². The fourth-order valence-electron chi connectivity index (χ4n) is 4.45. The van der Waals surface area contributed by atoms with Crippen molar-refractivity contribution in [1.82, 2.24) is 9.55 Å². The molecule has 2 aliphatic rings. The van der Waals surface area contributed by atoms with Crippen LogP contribution < -0.4 is 19.1 Å². The van der Waals surface area contributed by atoms with Gasteiger partial charge < -0.3 is 29.2 Å². The molecule has 0 aliphatic carbocycles. The van der Waals surface area contributed by atoms with E-state index in [0.717, 1.165) is 44.0 Å². The number of nitrogens with zero attached hydrogens (tertiary/aromatic N) is 4. The summed E-state index contributed by atoms with van der Waals surface area (Å²) in [6, 6.07) is 15.8. The molecule has 0 radical (unpaired) electrons. The highest BCUT2D eigenvalue weighted by molar-refractivity contribution is 6.30. The molecule has 1 saturated heterocycles. The molecule has 9 nitrogen and oxygen atoms in total. The standard InChI is InChI=1S/C25H27ClN4O5/c1-25(16-29-14-23(30(31)32)27-24(29)35-25)17-34-22-8-4-20(5-9-22)28-12-10-18(11-13-28)15-33-21-6-2-19(26)3-7-21/h2-9,14,18H,10-13,15-17H2,1H3/t25-/m0/s1. The molecule has 5 rings (SSSR count). The lowest BCUT2D eigenvalue weighted by molar-refractivity contribution is -0.389. The van der Waals surface area contributed by atoms with Gasteiger partial charge in [0.25, 0.3) is 0 Å². The third-order valence-corrected chi connectivity index (χ3v) is 6.67. The maximum atomic E-state index is 10.9. The Morgan fingerprint density at radius 3 is 2.43 bits per heavy atom. The largest absolute Gasteiger partial charge is 0.493 e. The highest BCUT2D eigenvalue weighted by Gasteiger charge is 2.41. The Labute approximate surface area is 208 Å². The van der Waals surface area contributed by atoms with Crippen LogP contribution in [-0.2, 0) is 6.54 Å². The molecular formula is C25H27ClN4O5. The molecule has 3 aromatic rings. The molecule has 10 heteroatoms. The molecule has 184 valence electrons. The molecule has 1 fully saturated rings. The second-order valence-electron chi connectivity index (χ2n) is 9.30. The number of ether oxygens (including phenoxy) is 3. The Hall–Kier alpha value is -3.46. The van der Waals surface area contributed by atoms with E-state index in [1.807, 2.05) is 43.3 Å². The maximum Gasteiger partial charge on any atom is 0.415 e. The zero-order valence-electron chi connectivity index (χ0n) is 19.4. The van der Waals surface area contributed by atoms with Gasteiger partial charge in [-0.15, -0.1) is 0 Å². The lowest BCUT2D eigenvalue weighted by Crippen LogP contribution is -2.38. The SMILES string of the molecule is C[C@@]1(COc2ccc(N3CCC(COc4ccc(Cl)cc4)CC3)cc2)Cn2cc([N+](=O)[O-])nc2O1. The van der Waals surface area contributed by atoms with Crippen molar-refractivity contribution >= 4 is 23.1 Å². The van der Waals surface area contributed by atoms with Crippen molar-refractivity contribution in [3.05, 3.63) is 69.9 Å². The van der Waals surface area contributed by atoms with E-state index in [0.29, 0.717) is 24.1 Å². The first-order chi connectivity index (χ1) is 16.9. The van der Waals surface area contributed by atoms with Gasteiger partial charge in [0.05, 0.1) is 13.2 Å². The molecule has 0 unspecified atom stereocenters. The molecule has 0 saturated carbocycles. The molecule has 0 N–H and O–H groups in total. The van der Waals surface area contributed by atoms with Gasteiger partial charge in [0.15, 0.2) is 5.60 Å². The lowest BCUT2D eigenvalue weighted by Gasteiger charge is -2.33. The zero-order valence-corrected chi connectivity index (χ0v) is 20.2. The summed E-state index contributed by atoms with van der Waals surface area (Å²) < 4.78 is 19.4. The third-order valence-electron chi connectivity index (χ3n) is 6.42. The van der Waals surface area contributed by atoms with Gasteiger partial charge in [0.1, 0.15) is 24.3 Å². The quantitative estimate of drug-likeness (QED) is 0.320. The van der Waals surface area contributed by atoms with Crippen LogP contribution in [0.5, 0.6) is 17.5 Å². The normalized spacial score (nSPS) is 19.8. The molecular weight excluding hydrogens is 472 g/mol. The monoisotopic (exact) mass is 498 g/mol. The van der Waals surface area contributed by atoms with Gasteiger partial charge in [0, 0.05) is 28.8 Å². The van der Waals surface area contributed by atoms with Crippen molar-refractivity contribution in [3.8, 4) is 17.5 Å². The number of piperidine rings is 1. The summed E-state index contributed by atoms with van der Waals surface area (Å²) in [6.45, 7) is 5.34. The Kier molecular flexibility index (Phi) is 6.42. The van der Waals surface area contributed by atoms with E-state index in [-0.39, 0.29) is 11.8 Å². The van der Waals surface area contributed by atoms with Crippen LogP contribution in [0.3, 0.4) is 0 Å². The average molecular weight is 499 g/mol. The van der Waals surface area contributed by atoms with E-state index in [1.165, 1.54) is 11.9 Å². The van der Waals surface area contributed by atoms with E-state index in [9.17, 15) is 10.1 Å². The summed E-state index contributed by atoms with van der Waals surface area (Å²) in [5.41, 5.74) is 0.539. The first kappa shape index (κ1) is 23.3.